The fraction of sp³-hybridized carbons (Fsp3) is 0.216. The van der Waals surface area contributed by atoms with Crippen LogP contribution >= 0.6 is 11.6 Å². The SMILES string of the molecule is CC(C)OC(=O)C(C)(C)Oc1ccc(C(=O)c2ccc(Cl)cc2)cc1.COc1ccc(-c2coc3c(OC)c(O)ccc3c2=O)cc1. The van der Waals surface area contributed by atoms with Crippen LogP contribution in [-0.4, -0.2) is 42.8 Å². The van der Waals surface area contributed by atoms with Crippen LogP contribution in [0.25, 0.3) is 22.1 Å². The molecule has 47 heavy (non-hydrogen) atoms. The predicted molar refractivity (Wildman–Crippen MR) is 180 cm³/mol. The van der Waals surface area contributed by atoms with Gasteiger partial charge in [0.15, 0.2) is 22.7 Å². The van der Waals surface area contributed by atoms with E-state index in [9.17, 15) is 19.5 Å². The van der Waals surface area contributed by atoms with Gasteiger partial charge >= 0.3 is 5.97 Å². The molecule has 1 aromatic heterocycles. The number of esters is 1. The monoisotopic (exact) mass is 658 g/mol. The van der Waals surface area contributed by atoms with Crippen LogP contribution < -0.4 is 19.6 Å². The number of hydrogen-bond acceptors (Lipinski definition) is 9. The van der Waals surface area contributed by atoms with Crippen molar-refractivity contribution in [3.63, 3.8) is 0 Å². The Labute approximate surface area is 277 Å². The number of ether oxygens (including phenoxy) is 4. The van der Waals surface area contributed by atoms with Crippen LogP contribution in [-0.2, 0) is 9.53 Å². The summed E-state index contributed by atoms with van der Waals surface area (Å²) in [6.45, 7) is 6.85. The van der Waals surface area contributed by atoms with Gasteiger partial charge in [-0.2, -0.15) is 0 Å². The van der Waals surface area contributed by atoms with Gasteiger partial charge in [0.25, 0.3) is 0 Å². The van der Waals surface area contributed by atoms with Gasteiger partial charge in [0.05, 0.1) is 31.3 Å². The molecule has 0 saturated heterocycles. The highest BCUT2D eigenvalue weighted by molar-refractivity contribution is 6.30. The van der Waals surface area contributed by atoms with E-state index >= 15 is 0 Å². The number of ketones is 1. The van der Waals surface area contributed by atoms with Crippen molar-refractivity contribution in [3.8, 4) is 34.1 Å². The maximum Gasteiger partial charge on any atom is 0.350 e. The van der Waals surface area contributed by atoms with E-state index in [4.69, 9.17) is 35.0 Å². The van der Waals surface area contributed by atoms with Crippen LogP contribution in [0.5, 0.6) is 23.0 Å². The first kappa shape index (κ1) is 34.6. The maximum absolute atomic E-state index is 12.6. The van der Waals surface area contributed by atoms with Crippen molar-refractivity contribution >= 4 is 34.3 Å². The third-order valence-electron chi connectivity index (χ3n) is 6.91. The van der Waals surface area contributed by atoms with Gasteiger partial charge in [-0.05, 0) is 106 Å². The van der Waals surface area contributed by atoms with Crippen LogP contribution in [0.2, 0.25) is 5.02 Å². The number of benzene rings is 4. The Bertz CT molecular complexity index is 1910. The molecule has 9 nitrogen and oxygen atoms in total. The highest BCUT2D eigenvalue weighted by atomic mass is 35.5. The van der Waals surface area contributed by atoms with E-state index in [1.165, 1.54) is 25.5 Å². The Morgan fingerprint density at radius 3 is 1.94 bits per heavy atom. The van der Waals surface area contributed by atoms with Crippen molar-refractivity contribution in [2.24, 2.45) is 0 Å². The fourth-order valence-corrected chi connectivity index (χ4v) is 4.59. The molecule has 0 unspecified atom stereocenters. The van der Waals surface area contributed by atoms with Crippen molar-refractivity contribution in [2.75, 3.05) is 14.2 Å². The lowest BCUT2D eigenvalue weighted by Crippen LogP contribution is -2.40. The Hall–Kier alpha value is -5.28. The second kappa shape index (κ2) is 14.9. The van der Waals surface area contributed by atoms with Crippen LogP contribution in [0.15, 0.2) is 100 Å². The van der Waals surface area contributed by atoms with Gasteiger partial charge in [-0.3, -0.25) is 9.59 Å². The zero-order chi connectivity index (χ0) is 34.3. The number of phenolic OH excluding ortho intramolecular Hbond substituents is 1. The quantitative estimate of drug-likeness (QED) is 0.125. The lowest BCUT2D eigenvalue weighted by molar-refractivity contribution is -0.163. The zero-order valence-corrected chi connectivity index (χ0v) is 27.6. The van der Waals surface area contributed by atoms with Crippen LogP contribution in [0.1, 0.15) is 43.6 Å². The fourth-order valence-electron chi connectivity index (χ4n) is 4.47. The molecule has 0 atom stereocenters. The molecular formula is C37H35ClO9. The van der Waals surface area contributed by atoms with Gasteiger partial charge in [0.2, 0.25) is 11.2 Å². The molecule has 5 rings (SSSR count). The van der Waals surface area contributed by atoms with Crippen molar-refractivity contribution in [1.29, 1.82) is 0 Å². The number of carbonyl (C=O) groups is 2. The Morgan fingerprint density at radius 1 is 0.809 bits per heavy atom. The molecule has 0 saturated carbocycles. The topological polar surface area (TPSA) is 122 Å². The standard InChI is InChI=1S/C20H21ClO4.C17H14O5/c1-13(2)24-19(23)20(3,4)25-17-11-7-15(8-12-17)18(22)14-5-9-16(21)10-6-14;1-20-11-5-3-10(4-6-11)13-9-22-16-12(15(13)19)7-8-14(18)17(16)21-2/h5-13H,1-4H3;3-9,18H,1-2H3. The van der Waals surface area contributed by atoms with Crippen molar-refractivity contribution in [3.05, 3.63) is 118 Å². The third-order valence-corrected chi connectivity index (χ3v) is 7.16. The normalized spacial score (nSPS) is 11.0. The third kappa shape index (κ3) is 8.31. The summed E-state index contributed by atoms with van der Waals surface area (Å²) >= 11 is 5.84. The van der Waals surface area contributed by atoms with E-state index in [1.807, 2.05) is 0 Å². The first-order chi connectivity index (χ1) is 22.3. The highest BCUT2D eigenvalue weighted by Gasteiger charge is 2.32. The van der Waals surface area contributed by atoms with Crippen molar-refractivity contribution in [1.82, 2.24) is 0 Å². The summed E-state index contributed by atoms with van der Waals surface area (Å²) in [6, 6.07) is 23.4. The minimum atomic E-state index is -1.12. The molecule has 0 fully saturated rings. The molecule has 0 aliphatic carbocycles. The van der Waals surface area contributed by atoms with Crippen molar-refractivity contribution in [2.45, 2.75) is 39.4 Å². The van der Waals surface area contributed by atoms with E-state index in [0.717, 1.165) is 5.56 Å². The van der Waals surface area contributed by atoms with E-state index in [1.54, 1.807) is 108 Å². The average molecular weight is 659 g/mol. The summed E-state index contributed by atoms with van der Waals surface area (Å²) in [4.78, 5) is 37.1. The maximum atomic E-state index is 12.6. The Kier molecular flexibility index (Phi) is 10.9. The number of aromatic hydroxyl groups is 1. The van der Waals surface area contributed by atoms with E-state index in [-0.39, 0.29) is 34.4 Å². The van der Waals surface area contributed by atoms with Gasteiger partial charge in [-0.15, -0.1) is 0 Å². The molecule has 0 bridgehead atoms. The number of halogens is 1. The number of rotatable bonds is 9. The Balaban J connectivity index is 0.000000214. The summed E-state index contributed by atoms with van der Waals surface area (Å²) in [5.41, 5.74) is 1.16. The zero-order valence-electron chi connectivity index (χ0n) is 26.8. The smallest absolute Gasteiger partial charge is 0.350 e. The summed E-state index contributed by atoms with van der Waals surface area (Å²) in [6.07, 6.45) is 1.16. The molecule has 0 amide bonds. The number of fused-ring (bicyclic) bond motifs is 1. The molecule has 10 heteroatoms. The summed E-state index contributed by atoms with van der Waals surface area (Å²) in [5, 5.41) is 10.7. The molecule has 1 N–H and O–H groups in total. The van der Waals surface area contributed by atoms with Gasteiger partial charge < -0.3 is 28.5 Å². The first-order valence-electron chi connectivity index (χ1n) is 14.6. The molecule has 0 aliphatic rings. The minimum Gasteiger partial charge on any atom is -0.504 e. The molecule has 244 valence electrons. The van der Waals surface area contributed by atoms with Crippen LogP contribution in [0, 0.1) is 0 Å². The minimum absolute atomic E-state index is 0.0738. The Morgan fingerprint density at radius 2 is 1.38 bits per heavy atom. The molecule has 1 heterocycles. The first-order valence-corrected chi connectivity index (χ1v) is 15.0. The van der Waals surface area contributed by atoms with E-state index < -0.39 is 11.6 Å². The number of phenols is 1. The largest absolute Gasteiger partial charge is 0.504 e. The van der Waals surface area contributed by atoms with E-state index in [0.29, 0.717) is 38.6 Å². The molecule has 0 aliphatic heterocycles. The molecule has 5 aromatic rings. The lowest BCUT2D eigenvalue weighted by Gasteiger charge is -2.25. The molecule has 0 spiro atoms. The summed E-state index contributed by atoms with van der Waals surface area (Å²) < 4.78 is 26.6. The summed E-state index contributed by atoms with van der Waals surface area (Å²) in [5.74, 6) is 0.718. The highest BCUT2D eigenvalue weighted by Crippen LogP contribution is 2.34. The average Bonchev–Trinajstić information content (AvgIpc) is 3.05. The van der Waals surface area contributed by atoms with Gasteiger partial charge in [0.1, 0.15) is 17.8 Å². The van der Waals surface area contributed by atoms with Crippen LogP contribution in [0.4, 0.5) is 0 Å². The predicted octanol–water partition coefficient (Wildman–Crippen LogP) is 7.86. The van der Waals surface area contributed by atoms with E-state index in [2.05, 4.69) is 0 Å². The van der Waals surface area contributed by atoms with Gasteiger partial charge in [0, 0.05) is 16.1 Å². The van der Waals surface area contributed by atoms with Crippen molar-refractivity contribution < 1.29 is 38.1 Å². The summed E-state index contributed by atoms with van der Waals surface area (Å²) in [7, 11) is 2.99. The molecule has 4 aromatic carbocycles. The molecule has 0 radical (unpaired) electrons. The number of hydrogen-bond donors (Lipinski definition) is 1. The second-order valence-electron chi connectivity index (χ2n) is 11.1. The molecular weight excluding hydrogens is 624 g/mol. The number of methoxy groups -OCH3 is 2. The second-order valence-corrected chi connectivity index (χ2v) is 11.6. The lowest BCUT2D eigenvalue weighted by atomic mass is 10.0. The van der Waals surface area contributed by atoms with Gasteiger partial charge in [-0.25, -0.2) is 4.79 Å². The van der Waals surface area contributed by atoms with Gasteiger partial charge in [-0.1, -0.05) is 23.7 Å². The number of carbonyl (C=O) groups excluding carboxylic acids is 2. The van der Waals surface area contributed by atoms with Crippen LogP contribution in [0.3, 0.4) is 0 Å².